The van der Waals surface area contributed by atoms with Crippen molar-refractivity contribution in [2.45, 2.75) is 0 Å². The van der Waals surface area contributed by atoms with Gasteiger partial charge in [0.15, 0.2) is 0 Å². The van der Waals surface area contributed by atoms with E-state index in [-0.39, 0.29) is 0 Å². The topological polar surface area (TPSA) is 8.29 Å². The van der Waals surface area contributed by atoms with Gasteiger partial charge in [0.2, 0.25) is 6.33 Å². The predicted octanol–water partition coefficient (Wildman–Crippen LogP) is 0.564. The molecule has 10 heavy (non-hydrogen) atoms. The molecule has 0 aliphatic carbocycles. The second-order valence-corrected chi connectivity index (χ2v) is 2.34. The fourth-order valence-electron chi connectivity index (χ4n) is 1.05. The molecule has 0 aromatic carbocycles. The Labute approximate surface area is 59.3 Å². The van der Waals surface area contributed by atoms with E-state index in [1.807, 2.05) is 40.5 Å². The lowest BCUT2D eigenvalue weighted by Crippen LogP contribution is -2.23. The Morgan fingerprint density at radius 2 is 2.40 bits per heavy atom. The van der Waals surface area contributed by atoms with Gasteiger partial charge in [-0.3, -0.25) is 0 Å². The zero-order chi connectivity index (χ0) is 6.97. The van der Waals surface area contributed by atoms with Crippen molar-refractivity contribution in [3.05, 3.63) is 36.9 Å². The van der Waals surface area contributed by atoms with Crippen molar-refractivity contribution in [2.24, 2.45) is 7.05 Å². The van der Waals surface area contributed by atoms with Crippen molar-refractivity contribution in [3.63, 3.8) is 0 Å². The molecule has 0 fully saturated rings. The fraction of sp³-hybridized carbons (Fsp3) is 0.125. The van der Waals surface area contributed by atoms with Gasteiger partial charge in [0.05, 0.1) is 7.05 Å². The summed E-state index contributed by atoms with van der Waals surface area (Å²) in [5.41, 5.74) is 1.17. The van der Waals surface area contributed by atoms with E-state index < -0.39 is 0 Å². The average molecular weight is 132 g/mol. The largest absolute Gasteiger partial charge is 0.326 e. The highest BCUT2D eigenvalue weighted by Crippen LogP contribution is 1.96. The Balaban J connectivity index is 2.88. The van der Waals surface area contributed by atoms with Crippen LogP contribution in [0.5, 0.6) is 0 Å². The molecule has 0 radical (unpaired) electrons. The molecule has 2 nitrogen and oxygen atoms in total. The lowest BCUT2D eigenvalue weighted by atomic mass is 10.4. The number of pyridine rings is 1. The Hall–Kier alpha value is -1.31. The molecule has 2 aromatic rings. The van der Waals surface area contributed by atoms with E-state index in [1.165, 1.54) is 5.52 Å². The summed E-state index contributed by atoms with van der Waals surface area (Å²) >= 11 is 0. The molecule has 0 amide bonds. The van der Waals surface area contributed by atoms with Gasteiger partial charge in [-0.25, -0.2) is 0 Å². The number of hydrogen-bond acceptors (Lipinski definition) is 0. The first kappa shape index (κ1) is 5.47. The number of nitrogens with zero attached hydrogens (tertiary/aromatic N) is 2. The first-order chi connectivity index (χ1) is 4.86. The monoisotopic (exact) mass is 132 g/mol. The smallest absolute Gasteiger partial charge is 0.243 e. The van der Waals surface area contributed by atoms with E-state index in [0.717, 1.165) is 0 Å². The highest BCUT2D eigenvalue weighted by atomic mass is 15.1. The molecule has 0 spiro atoms. The van der Waals surface area contributed by atoms with Gasteiger partial charge >= 0.3 is 0 Å². The Morgan fingerprint density at radius 1 is 1.50 bits per heavy atom. The van der Waals surface area contributed by atoms with Crippen molar-refractivity contribution in [1.82, 2.24) is 4.40 Å². The van der Waals surface area contributed by atoms with Gasteiger partial charge in [-0.15, -0.1) is 0 Å². The summed E-state index contributed by atoms with van der Waals surface area (Å²) in [4.78, 5) is 0. The minimum Gasteiger partial charge on any atom is -0.326 e. The summed E-state index contributed by atoms with van der Waals surface area (Å²) in [5, 5.41) is 0. The lowest BCUT2D eigenvalue weighted by molar-refractivity contribution is -0.674. The maximum absolute atomic E-state index is 3.09. The standard InChI is InChI=1S/C8H8N2/c1-9-6-8-4-2-3-5-10(8)7-9/h2-6H,1H3. The van der Waals surface area contributed by atoms with Crippen molar-refractivity contribution in [2.75, 3.05) is 0 Å². The molecule has 0 bridgehead atoms. The quantitative estimate of drug-likeness (QED) is 0.366. The van der Waals surface area contributed by atoms with Crippen LogP contribution in [0.1, 0.15) is 0 Å². The SMILES string of the molecule is C[n+]1[c-]n2ccccc2c1. The van der Waals surface area contributed by atoms with Gasteiger partial charge < -0.3 is 8.97 Å². The lowest BCUT2D eigenvalue weighted by Gasteiger charge is -1.87. The fourth-order valence-corrected chi connectivity index (χ4v) is 1.05. The van der Waals surface area contributed by atoms with Crippen LogP contribution in [0.15, 0.2) is 30.6 Å². The van der Waals surface area contributed by atoms with E-state index in [2.05, 4.69) is 12.4 Å². The van der Waals surface area contributed by atoms with Crippen LogP contribution in [0.3, 0.4) is 0 Å². The highest BCUT2D eigenvalue weighted by Gasteiger charge is 1.90. The number of hydrogen-bond donors (Lipinski definition) is 0. The second-order valence-electron chi connectivity index (χ2n) is 2.34. The van der Waals surface area contributed by atoms with Gasteiger partial charge in [0.25, 0.3) is 0 Å². The van der Waals surface area contributed by atoms with Crippen molar-refractivity contribution < 1.29 is 4.57 Å². The molecule has 0 unspecified atom stereocenters. The van der Waals surface area contributed by atoms with Crippen LogP contribution in [0.2, 0.25) is 0 Å². The van der Waals surface area contributed by atoms with E-state index in [0.29, 0.717) is 0 Å². The molecule has 2 aromatic heterocycles. The number of aromatic nitrogens is 2. The van der Waals surface area contributed by atoms with Crippen LogP contribution < -0.4 is 4.57 Å². The molecule has 0 saturated heterocycles. The molecule has 2 heterocycles. The number of imidazole rings is 1. The van der Waals surface area contributed by atoms with Crippen LogP contribution in [0.25, 0.3) is 5.52 Å². The van der Waals surface area contributed by atoms with Crippen LogP contribution >= 0.6 is 0 Å². The van der Waals surface area contributed by atoms with E-state index in [1.54, 1.807) is 0 Å². The molecule has 0 aliphatic heterocycles. The van der Waals surface area contributed by atoms with Gasteiger partial charge in [-0.05, 0) is 0 Å². The maximum Gasteiger partial charge on any atom is 0.243 e. The minimum atomic E-state index is 1.17. The third-order valence-electron chi connectivity index (χ3n) is 1.48. The average Bonchev–Trinajstić information content (AvgIpc) is 2.27. The van der Waals surface area contributed by atoms with Crippen molar-refractivity contribution >= 4 is 5.52 Å². The maximum atomic E-state index is 3.09. The molecular formula is C8H8N2. The van der Waals surface area contributed by atoms with Crippen LogP contribution in [0, 0.1) is 6.33 Å². The summed E-state index contributed by atoms with van der Waals surface area (Å²) in [7, 11) is 1.97. The summed E-state index contributed by atoms with van der Waals surface area (Å²) in [6.45, 7) is 0. The first-order valence-corrected chi connectivity index (χ1v) is 3.21. The van der Waals surface area contributed by atoms with Crippen molar-refractivity contribution in [3.8, 4) is 0 Å². The Bertz CT molecular complexity index is 316. The normalized spacial score (nSPS) is 10.5. The molecule has 0 N–H and O–H groups in total. The molecule has 2 rings (SSSR count). The van der Waals surface area contributed by atoms with Gasteiger partial charge in [-0.2, -0.15) is 0 Å². The highest BCUT2D eigenvalue weighted by molar-refractivity contribution is 5.41. The van der Waals surface area contributed by atoms with E-state index in [9.17, 15) is 0 Å². The molecule has 50 valence electrons. The first-order valence-electron chi connectivity index (χ1n) is 3.21. The summed E-state index contributed by atoms with van der Waals surface area (Å²) < 4.78 is 3.87. The molecule has 2 heteroatoms. The second kappa shape index (κ2) is 1.84. The number of fused-ring (bicyclic) bond motifs is 1. The zero-order valence-electron chi connectivity index (χ0n) is 5.78. The molecule has 0 atom stereocenters. The van der Waals surface area contributed by atoms with Gasteiger partial charge in [0.1, 0.15) is 0 Å². The minimum absolute atomic E-state index is 1.17. The molecule has 0 aliphatic rings. The van der Waals surface area contributed by atoms with Crippen LogP contribution in [-0.2, 0) is 7.05 Å². The Morgan fingerprint density at radius 3 is 3.20 bits per heavy atom. The summed E-state index contributed by atoms with van der Waals surface area (Å²) in [5.74, 6) is 0. The number of rotatable bonds is 0. The van der Waals surface area contributed by atoms with E-state index in [4.69, 9.17) is 0 Å². The summed E-state index contributed by atoms with van der Waals surface area (Å²) in [6, 6.07) is 6.06. The summed E-state index contributed by atoms with van der Waals surface area (Å²) in [6.07, 6.45) is 7.10. The zero-order valence-corrected chi connectivity index (χ0v) is 5.78. The third kappa shape index (κ3) is 0.692. The van der Waals surface area contributed by atoms with Crippen LogP contribution in [-0.4, -0.2) is 4.40 Å². The third-order valence-corrected chi connectivity index (χ3v) is 1.48. The van der Waals surface area contributed by atoms with Gasteiger partial charge in [0, 0.05) is 17.9 Å². The predicted molar refractivity (Wildman–Crippen MR) is 37.4 cm³/mol. The molecule has 0 saturated carbocycles. The van der Waals surface area contributed by atoms with E-state index >= 15 is 0 Å². The number of aryl methyl sites for hydroxylation is 1. The van der Waals surface area contributed by atoms with Gasteiger partial charge in [-0.1, -0.05) is 18.2 Å². The van der Waals surface area contributed by atoms with Crippen molar-refractivity contribution in [1.29, 1.82) is 0 Å². The van der Waals surface area contributed by atoms with Crippen LogP contribution in [0.4, 0.5) is 0 Å². The Kier molecular flexibility index (Phi) is 1.01. The molecular weight excluding hydrogens is 124 g/mol.